The maximum Gasteiger partial charge on any atom is 0.165 e. The lowest BCUT2D eigenvalue weighted by Crippen LogP contribution is -2.04. The molecule has 2 rings (SSSR count). The van der Waals surface area contributed by atoms with E-state index in [4.69, 9.17) is 9.47 Å². The van der Waals surface area contributed by atoms with Gasteiger partial charge in [0.1, 0.15) is 0 Å². The van der Waals surface area contributed by atoms with Crippen molar-refractivity contribution in [3.05, 3.63) is 42.3 Å². The minimum atomic E-state index is 0.710. The molecule has 2 heteroatoms. The van der Waals surface area contributed by atoms with Crippen LogP contribution in [0.4, 0.5) is 0 Å². The van der Waals surface area contributed by atoms with Crippen LogP contribution in [0, 0.1) is 6.42 Å². The van der Waals surface area contributed by atoms with Crippen molar-refractivity contribution >= 4 is 10.8 Å². The molecule has 1 radical (unpaired) electrons. The molecule has 0 spiro atoms. The van der Waals surface area contributed by atoms with Crippen molar-refractivity contribution in [1.82, 2.24) is 0 Å². The molecule has 20 heavy (non-hydrogen) atoms. The predicted molar refractivity (Wildman–Crippen MR) is 84.6 cm³/mol. The van der Waals surface area contributed by atoms with Gasteiger partial charge in [-0.2, -0.15) is 0 Å². The monoisotopic (exact) mass is 271 g/mol. The van der Waals surface area contributed by atoms with Gasteiger partial charge in [-0.25, -0.2) is 0 Å². The molecule has 0 saturated heterocycles. The molecule has 2 aromatic rings. The van der Waals surface area contributed by atoms with E-state index in [2.05, 4.69) is 50.6 Å². The van der Waals surface area contributed by atoms with Crippen LogP contribution in [0.2, 0.25) is 0 Å². The van der Waals surface area contributed by atoms with Crippen molar-refractivity contribution in [2.45, 2.75) is 33.6 Å². The van der Waals surface area contributed by atoms with Gasteiger partial charge in [0.2, 0.25) is 0 Å². The van der Waals surface area contributed by atoms with E-state index in [1.54, 1.807) is 0 Å². The van der Waals surface area contributed by atoms with Crippen LogP contribution in [0.5, 0.6) is 11.5 Å². The second-order valence-corrected chi connectivity index (χ2v) is 4.82. The van der Waals surface area contributed by atoms with Crippen LogP contribution >= 0.6 is 0 Å². The van der Waals surface area contributed by atoms with Gasteiger partial charge < -0.3 is 9.47 Å². The summed E-state index contributed by atoms with van der Waals surface area (Å²) in [5.74, 6) is 1.73. The van der Waals surface area contributed by atoms with E-state index in [9.17, 15) is 0 Å². The van der Waals surface area contributed by atoms with Crippen molar-refractivity contribution in [3.8, 4) is 11.5 Å². The van der Waals surface area contributed by atoms with Gasteiger partial charge in [0.05, 0.1) is 13.2 Å². The van der Waals surface area contributed by atoms with Gasteiger partial charge in [0, 0.05) is 5.56 Å². The summed E-state index contributed by atoms with van der Waals surface area (Å²) in [6.07, 6.45) is 4.08. The van der Waals surface area contributed by atoms with Gasteiger partial charge in [0.25, 0.3) is 0 Å². The summed E-state index contributed by atoms with van der Waals surface area (Å²) in [5, 5.41) is 2.40. The second-order valence-electron chi connectivity index (χ2n) is 4.82. The number of hydrogen-bond acceptors (Lipinski definition) is 2. The normalized spacial score (nSPS) is 10.8. The zero-order chi connectivity index (χ0) is 14.4. The number of rotatable bonds is 7. The molecule has 0 aliphatic heterocycles. The summed E-state index contributed by atoms with van der Waals surface area (Å²) in [6.45, 7) is 7.69. The quantitative estimate of drug-likeness (QED) is 0.706. The minimum Gasteiger partial charge on any atom is -0.490 e. The zero-order valence-corrected chi connectivity index (χ0v) is 12.6. The van der Waals surface area contributed by atoms with E-state index in [1.807, 2.05) is 6.92 Å². The highest BCUT2D eigenvalue weighted by Gasteiger charge is 2.14. The average Bonchev–Trinajstić information content (AvgIpc) is 2.49. The topological polar surface area (TPSA) is 18.5 Å². The zero-order valence-electron chi connectivity index (χ0n) is 12.6. The van der Waals surface area contributed by atoms with Crippen LogP contribution in [0.3, 0.4) is 0 Å². The van der Waals surface area contributed by atoms with Crippen molar-refractivity contribution in [3.63, 3.8) is 0 Å². The van der Waals surface area contributed by atoms with E-state index in [0.29, 0.717) is 13.2 Å². The largest absolute Gasteiger partial charge is 0.490 e. The Bertz CT molecular complexity index is 561. The molecule has 0 bridgehead atoms. The number of hydrogen-bond donors (Lipinski definition) is 0. The van der Waals surface area contributed by atoms with Crippen LogP contribution in [0.15, 0.2) is 30.3 Å². The van der Waals surface area contributed by atoms with Gasteiger partial charge in [-0.15, -0.1) is 0 Å². The van der Waals surface area contributed by atoms with Crippen LogP contribution in [-0.4, -0.2) is 13.2 Å². The molecule has 107 valence electrons. The summed E-state index contributed by atoms with van der Waals surface area (Å²) in [5.41, 5.74) is 1.13. The first-order chi connectivity index (χ1) is 9.81. The summed E-state index contributed by atoms with van der Waals surface area (Å²) in [7, 11) is 0. The Kier molecular flexibility index (Phi) is 5.28. The van der Waals surface area contributed by atoms with E-state index < -0.39 is 0 Å². The van der Waals surface area contributed by atoms with E-state index in [0.717, 1.165) is 29.9 Å². The third kappa shape index (κ3) is 3.06. The summed E-state index contributed by atoms with van der Waals surface area (Å²) in [4.78, 5) is 0. The Labute approximate surface area is 121 Å². The Hall–Kier alpha value is -1.70. The highest BCUT2D eigenvalue weighted by molar-refractivity contribution is 5.91. The molecule has 0 unspecified atom stereocenters. The molecule has 0 aliphatic rings. The first-order valence-electron chi connectivity index (χ1n) is 7.42. The SMILES string of the molecule is C[CH]c1c(OCCC)c(OCCC)cc2ccccc12. The van der Waals surface area contributed by atoms with Gasteiger partial charge in [0.15, 0.2) is 11.5 Å². The third-order valence-electron chi connectivity index (χ3n) is 3.21. The molecule has 0 aromatic heterocycles. The fourth-order valence-corrected chi connectivity index (χ4v) is 2.29. The van der Waals surface area contributed by atoms with Gasteiger partial charge in [-0.1, -0.05) is 45.0 Å². The standard InChI is InChI=1S/C18H23O2/c1-4-11-19-17-13-14-9-7-8-10-16(14)15(6-3)18(17)20-12-5-2/h6-10,13H,4-5,11-12H2,1-3H3. The van der Waals surface area contributed by atoms with Gasteiger partial charge >= 0.3 is 0 Å². The lowest BCUT2D eigenvalue weighted by molar-refractivity contribution is 0.268. The maximum atomic E-state index is 5.96. The Morgan fingerprint density at radius 2 is 1.70 bits per heavy atom. The molecule has 2 aromatic carbocycles. The van der Waals surface area contributed by atoms with Crippen molar-refractivity contribution in [2.75, 3.05) is 13.2 Å². The average molecular weight is 271 g/mol. The first kappa shape index (κ1) is 14.7. The summed E-state index contributed by atoms with van der Waals surface area (Å²) < 4.78 is 11.8. The molecular formula is C18H23O2. The van der Waals surface area contributed by atoms with Crippen molar-refractivity contribution < 1.29 is 9.47 Å². The molecule has 0 heterocycles. The second kappa shape index (κ2) is 7.18. The van der Waals surface area contributed by atoms with Crippen LogP contribution in [0.25, 0.3) is 10.8 Å². The van der Waals surface area contributed by atoms with E-state index in [1.165, 1.54) is 10.8 Å². The van der Waals surface area contributed by atoms with Crippen LogP contribution in [-0.2, 0) is 0 Å². The molecule has 0 amide bonds. The van der Waals surface area contributed by atoms with Crippen molar-refractivity contribution in [2.24, 2.45) is 0 Å². The van der Waals surface area contributed by atoms with E-state index >= 15 is 0 Å². The predicted octanol–water partition coefficient (Wildman–Crippen LogP) is 4.99. The van der Waals surface area contributed by atoms with Crippen LogP contribution in [0.1, 0.15) is 39.2 Å². The summed E-state index contributed by atoms with van der Waals surface area (Å²) in [6, 6.07) is 10.4. The fourth-order valence-electron chi connectivity index (χ4n) is 2.29. The molecule has 2 nitrogen and oxygen atoms in total. The fraction of sp³-hybridized carbons (Fsp3) is 0.389. The van der Waals surface area contributed by atoms with Gasteiger partial charge in [-0.3, -0.25) is 0 Å². The molecule has 0 atom stereocenters. The molecule has 0 aliphatic carbocycles. The Morgan fingerprint density at radius 1 is 1.00 bits per heavy atom. The Balaban J connectivity index is 2.54. The molecule has 0 N–H and O–H groups in total. The van der Waals surface area contributed by atoms with Crippen molar-refractivity contribution in [1.29, 1.82) is 0 Å². The molecular weight excluding hydrogens is 248 g/mol. The lowest BCUT2D eigenvalue weighted by Gasteiger charge is -2.17. The number of fused-ring (bicyclic) bond motifs is 1. The molecule has 0 fully saturated rings. The minimum absolute atomic E-state index is 0.710. The lowest BCUT2D eigenvalue weighted by atomic mass is 10.0. The third-order valence-corrected chi connectivity index (χ3v) is 3.21. The Morgan fingerprint density at radius 3 is 2.40 bits per heavy atom. The van der Waals surface area contributed by atoms with Crippen LogP contribution < -0.4 is 9.47 Å². The maximum absolute atomic E-state index is 5.96. The molecule has 0 saturated carbocycles. The number of ether oxygens (including phenoxy) is 2. The first-order valence-corrected chi connectivity index (χ1v) is 7.42. The highest BCUT2D eigenvalue weighted by Crippen LogP contribution is 2.38. The number of benzene rings is 2. The highest BCUT2D eigenvalue weighted by atomic mass is 16.5. The van der Waals surface area contributed by atoms with Gasteiger partial charge in [-0.05, 0) is 36.1 Å². The summed E-state index contributed by atoms with van der Waals surface area (Å²) >= 11 is 0. The smallest absolute Gasteiger partial charge is 0.165 e. The van der Waals surface area contributed by atoms with E-state index in [-0.39, 0.29) is 0 Å².